The highest BCUT2D eigenvalue weighted by Crippen LogP contribution is 2.30. The van der Waals surface area contributed by atoms with Crippen LogP contribution in [0.4, 0.5) is 0 Å². The average molecular weight is 300 g/mol. The largest absolute Gasteiger partial charge is 0.481 e. The van der Waals surface area contributed by atoms with Crippen molar-refractivity contribution in [2.45, 2.75) is 13.3 Å². The lowest BCUT2D eigenvalue weighted by Crippen LogP contribution is -2.35. The molecule has 3 rings (SSSR count). The van der Waals surface area contributed by atoms with Crippen molar-refractivity contribution in [3.05, 3.63) is 42.4 Å². The van der Waals surface area contributed by atoms with Crippen LogP contribution in [0.5, 0.6) is 0 Å². The highest BCUT2D eigenvalue weighted by molar-refractivity contribution is 5.93. The number of amides is 1. The molecule has 7 nitrogen and oxygen atoms in total. The molecule has 0 bridgehead atoms. The van der Waals surface area contributed by atoms with E-state index in [0.717, 1.165) is 0 Å². The zero-order chi connectivity index (χ0) is 15.7. The first-order valence-corrected chi connectivity index (χ1v) is 6.99. The SMILES string of the molecule is CC1(C(=O)O)CCN(C(=O)c2cccc(-n3cccn3)n2)C1. The molecule has 3 heterocycles. The summed E-state index contributed by atoms with van der Waals surface area (Å²) in [6.45, 7) is 2.29. The number of hydrogen-bond acceptors (Lipinski definition) is 4. The molecule has 2 aromatic rings. The normalized spacial score (nSPS) is 21.0. The summed E-state index contributed by atoms with van der Waals surface area (Å²) in [6, 6.07) is 6.90. The summed E-state index contributed by atoms with van der Waals surface area (Å²) in [6.07, 6.45) is 3.83. The number of hydrogen-bond donors (Lipinski definition) is 1. The second kappa shape index (κ2) is 5.25. The Morgan fingerprint density at radius 1 is 1.32 bits per heavy atom. The van der Waals surface area contributed by atoms with E-state index < -0.39 is 11.4 Å². The minimum atomic E-state index is -0.880. The van der Waals surface area contributed by atoms with Gasteiger partial charge in [-0.3, -0.25) is 9.59 Å². The number of carboxylic acid groups (broad SMARTS) is 1. The third-order valence-electron chi connectivity index (χ3n) is 3.97. The number of likely N-dealkylation sites (tertiary alicyclic amines) is 1. The minimum absolute atomic E-state index is 0.203. The van der Waals surface area contributed by atoms with Crippen molar-refractivity contribution in [3.63, 3.8) is 0 Å². The molecule has 1 fully saturated rings. The van der Waals surface area contributed by atoms with E-state index in [2.05, 4.69) is 10.1 Å². The number of aromatic nitrogens is 3. The van der Waals surface area contributed by atoms with Gasteiger partial charge in [0.1, 0.15) is 5.69 Å². The Kier molecular flexibility index (Phi) is 3.40. The maximum Gasteiger partial charge on any atom is 0.311 e. The molecule has 7 heteroatoms. The molecule has 1 N–H and O–H groups in total. The lowest BCUT2D eigenvalue weighted by molar-refractivity contribution is -0.147. The number of nitrogens with zero attached hydrogens (tertiary/aromatic N) is 4. The molecular weight excluding hydrogens is 284 g/mol. The van der Waals surface area contributed by atoms with Crippen molar-refractivity contribution in [1.82, 2.24) is 19.7 Å². The molecule has 1 unspecified atom stereocenters. The smallest absolute Gasteiger partial charge is 0.311 e. The summed E-state index contributed by atoms with van der Waals surface area (Å²) < 4.78 is 1.57. The maximum atomic E-state index is 12.5. The molecule has 114 valence electrons. The van der Waals surface area contributed by atoms with Crippen molar-refractivity contribution in [2.75, 3.05) is 13.1 Å². The number of carbonyl (C=O) groups is 2. The van der Waals surface area contributed by atoms with Gasteiger partial charge in [0.2, 0.25) is 0 Å². The van der Waals surface area contributed by atoms with Crippen molar-refractivity contribution in [3.8, 4) is 5.82 Å². The van der Waals surface area contributed by atoms with Gasteiger partial charge < -0.3 is 10.0 Å². The van der Waals surface area contributed by atoms with Gasteiger partial charge in [-0.2, -0.15) is 5.10 Å². The van der Waals surface area contributed by atoms with Gasteiger partial charge in [0.25, 0.3) is 5.91 Å². The highest BCUT2D eigenvalue weighted by atomic mass is 16.4. The summed E-state index contributed by atoms with van der Waals surface area (Å²) in [5.41, 5.74) is -0.586. The van der Waals surface area contributed by atoms with Crippen molar-refractivity contribution in [2.24, 2.45) is 5.41 Å². The Morgan fingerprint density at radius 2 is 2.14 bits per heavy atom. The van der Waals surface area contributed by atoms with E-state index in [4.69, 9.17) is 0 Å². The van der Waals surface area contributed by atoms with Gasteiger partial charge in [-0.25, -0.2) is 9.67 Å². The molecule has 1 saturated heterocycles. The van der Waals surface area contributed by atoms with Crippen LogP contribution < -0.4 is 0 Å². The molecule has 0 saturated carbocycles. The van der Waals surface area contributed by atoms with Gasteiger partial charge in [-0.1, -0.05) is 6.07 Å². The second-order valence-corrected chi connectivity index (χ2v) is 5.67. The molecule has 1 amide bonds. The van der Waals surface area contributed by atoms with E-state index in [1.54, 1.807) is 53.2 Å². The van der Waals surface area contributed by atoms with Crippen molar-refractivity contribution in [1.29, 1.82) is 0 Å². The summed E-state index contributed by atoms with van der Waals surface area (Å²) in [5, 5.41) is 13.3. The van der Waals surface area contributed by atoms with Crippen LogP contribution in [-0.2, 0) is 4.79 Å². The Morgan fingerprint density at radius 3 is 2.77 bits per heavy atom. The number of carboxylic acids is 1. The number of aliphatic carboxylic acids is 1. The van der Waals surface area contributed by atoms with Crippen LogP contribution in [0.25, 0.3) is 5.82 Å². The van der Waals surface area contributed by atoms with Gasteiger partial charge in [0.05, 0.1) is 5.41 Å². The fourth-order valence-corrected chi connectivity index (χ4v) is 2.55. The third kappa shape index (κ3) is 2.45. The summed E-state index contributed by atoms with van der Waals surface area (Å²) in [5.74, 6) is -0.573. The second-order valence-electron chi connectivity index (χ2n) is 5.67. The lowest BCUT2D eigenvalue weighted by atomic mass is 9.90. The van der Waals surface area contributed by atoms with Crippen molar-refractivity contribution < 1.29 is 14.7 Å². The quantitative estimate of drug-likeness (QED) is 0.920. The fourth-order valence-electron chi connectivity index (χ4n) is 2.55. The van der Waals surface area contributed by atoms with Crippen LogP contribution >= 0.6 is 0 Å². The third-order valence-corrected chi connectivity index (χ3v) is 3.97. The molecule has 1 aliphatic rings. The topological polar surface area (TPSA) is 88.3 Å². The van der Waals surface area contributed by atoms with E-state index in [-0.39, 0.29) is 12.5 Å². The first-order chi connectivity index (χ1) is 10.5. The number of rotatable bonds is 3. The van der Waals surface area contributed by atoms with Gasteiger partial charge in [-0.05, 0) is 31.5 Å². The van der Waals surface area contributed by atoms with Gasteiger partial charge in [0, 0.05) is 25.5 Å². The minimum Gasteiger partial charge on any atom is -0.481 e. The number of pyridine rings is 1. The Bertz CT molecular complexity index is 713. The first-order valence-electron chi connectivity index (χ1n) is 6.99. The Labute approximate surface area is 127 Å². The summed E-state index contributed by atoms with van der Waals surface area (Å²) in [7, 11) is 0. The fraction of sp³-hybridized carbons (Fsp3) is 0.333. The van der Waals surface area contributed by atoms with Gasteiger partial charge >= 0.3 is 5.97 Å². The average Bonchev–Trinajstić information content (AvgIpc) is 3.17. The monoisotopic (exact) mass is 300 g/mol. The summed E-state index contributed by atoms with van der Waals surface area (Å²) in [4.78, 5) is 29.7. The van der Waals surface area contributed by atoms with Gasteiger partial charge in [-0.15, -0.1) is 0 Å². The summed E-state index contributed by atoms with van der Waals surface area (Å²) >= 11 is 0. The predicted octanol–water partition coefficient (Wildman–Crippen LogP) is 1.20. The standard InChI is InChI=1S/C15H16N4O3/c1-15(14(21)22)6-9-18(10-15)13(20)11-4-2-5-12(17-11)19-8-3-7-16-19/h2-5,7-8H,6,9-10H2,1H3,(H,21,22). The van der Waals surface area contributed by atoms with E-state index in [0.29, 0.717) is 24.5 Å². The molecule has 2 aromatic heterocycles. The van der Waals surface area contributed by atoms with E-state index in [1.165, 1.54) is 0 Å². The molecule has 22 heavy (non-hydrogen) atoms. The van der Waals surface area contributed by atoms with E-state index in [9.17, 15) is 14.7 Å². The van der Waals surface area contributed by atoms with Crippen LogP contribution in [0.3, 0.4) is 0 Å². The van der Waals surface area contributed by atoms with Crippen LogP contribution in [0.15, 0.2) is 36.7 Å². The van der Waals surface area contributed by atoms with Crippen LogP contribution in [0, 0.1) is 5.41 Å². The van der Waals surface area contributed by atoms with Crippen LogP contribution in [0.2, 0.25) is 0 Å². The van der Waals surface area contributed by atoms with Crippen LogP contribution in [0.1, 0.15) is 23.8 Å². The predicted molar refractivity (Wildman–Crippen MR) is 77.6 cm³/mol. The molecule has 1 atom stereocenters. The molecule has 0 spiro atoms. The first kappa shape index (κ1) is 14.2. The van der Waals surface area contributed by atoms with Gasteiger partial charge in [0.15, 0.2) is 5.82 Å². The lowest BCUT2D eigenvalue weighted by Gasteiger charge is -2.20. The van der Waals surface area contributed by atoms with E-state index in [1.807, 2.05) is 0 Å². The zero-order valence-electron chi connectivity index (χ0n) is 12.1. The molecule has 1 aliphatic heterocycles. The van der Waals surface area contributed by atoms with Crippen LogP contribution in [-0.4, -0.2) is 49.7 Å². The van der Waals surface area contributed by atoms with E-state index >= 15 is 0 Å². The Balaban J connectivity index is 1.82. The highest BCUT2D eigenvalue weighted by Gasteiger charge is 2.42. The molecule has 0 aliphatic carbocycles. The number of carbonyl (C=O) groups excluding carboxylic acids is 1. The van der Waals surface area contributed by atoms with Crippen molar-refractivity contribution >= 4 is 11.9 Å². The molecule has 0 radical (unpaired) electrons. The zero-order valence-corrected chi connectivity index (χ0v) is 12.1. The Hall–Kier alpha value is -2.70. The molecular formula is C15H16N4O3. The maximum absolute atomic E-state index is 12.5. The molecule has 0 aromatic carbocycles.